The zero-order valence-corrected chi connectivity index (χ0v) is 15.8. The van der Waals surface area contributed by atoms with Gasteiger partial charge in [0.05, 0.1) is 18.7 Å². The maximum Gasteiger partial charge on any atom is 0.257 e. The number of nitrogens with zero attached hydrogens (tertiary/aromatic N) is 3. The summed E-state index contributed by atoms with van der Waals surface area (Å²) in [6.07, 6.45) is 5.23. The maximum atomic E-state index is 12.6. The Kier molecular flexibility index (Phi) is 4.65. The monoisotopic (exact) mass is 384 g/mol. The van der Waals surface area contributed by atoms with Crippen molar-refractivity contribution in [1.29, 1.82) is 0 Å². The number of hydrogen-bond donors (Lipinski definition) is 1. The van der Waals surface area contributed by atoms with Gasteiger partial charge in [-0.1, -0.05) is 0 Å². The minimum absolute atomic E-state index is 0.0641. The van der Waals surface area contributed by atoms with Gasteiger partial charge in [0.2, 0.25) is 11.8 Å². The molecule has 0 saturated heterocycles. The summed E-state index contributed by atoms with van der Waals surface area (Å²) in [5, 5.41) is 3.46. The molecule has 2 aliphatic heterocycles. The lowest BCUT2D eigenvalue weighted by atomic mass is 10.0. The third-order valence-corrected chi connectivity index (χ3v) is 6.11. The summed E-state index contributed by atoms with van der Waals surface area (Å²) in [5.41, 5.74) is 2.68. The van der Waals surface area contributed by atoms with E-state index < -0.39 is 0 Å². The molecule has 7 nitrogen and oxygen atoms in total. The van der Waals surface area contributed by atoms with Gasteiger partial charge in [0, 0.05) is 37.3 Å². The van der Waals surface area contributed by atoms with Crippen LogP contribution in [0.25, 0.3) is 0 Å². The van der Waals surface area contributed by atoms with E-state index in [1.807, 2.05) is 17.0 Å². The van der Waals surface area contributed by atoms with Crippen LogP contribution >= 0.6 is 11.3 Å². The van der Waals surface area contributed by atoms with Crippen LogP contribution in [-0.2, 0) is 29.0 Å². The first-order chi connectivity index (χ1) is 13.0. The average molecular weight is 384 g/mol. The molecule has 0 aliphatic carbocycles. The number of anilines is 1. The molecule has 0 spiro atoms. The molecule has 3 amide bonds. The van der Waals surface area contributed by atoms with Gasteiger partial charge in [-0.3, -0.25) is 19.4 Å². The van der Waals surface area contributed by atoms with Crippen LogP contribution in [-0.4, -0.2) is 52.6 Å². The van der Waals surface area contributed by atoms with Crippen molar-refractivity contribution in [2.24, 2.45) is 0 Å². The van der Waals surface area contributed by atoms with Crippen molar-refractivity contribution in [3.8, 4) is 0 Å². The highest BCUT2D eigenvalue weighted by atomic mass is 32.1. The first-order valence-corrected chi connectivity index (χ1v) is 9.71. The second-order valence-corrected chi connectivity index (χ2v) is 7.94. The van der Waals surface area contributed by atoms with E-state index in [9.17, 15) is 14.4 Å². The number of carbonyl (C=O) groups excluding carboxylic acids is 3. The number of nitrogens with one attached hydrogen (secondary N) is 1. The molecule has 4 heterocycles. The molecule has 4 rings (SSSR count). The van der Waals surface area contributed by atoms with E-state index in [-0.39, 0.29) is 24.3 Å². The molecule has 0 saturated carbocycles. The predicted octanol–water partition coefficient (Wildman–Crippen LogP) is 1.68. The van der Waals surface area contributed by atoms with Crippen LogP contribution in [0.5, 0.6) is 0 Å². The highest BCUT2D eigenvalue weighted by Crippen LogP contribution is 2.38. The number of rotatable bonds is 3. The summed E-state index contributed by atoms with van der Waals surface area (Å²) in [7, 11) is 1.64. The van der Waals surface area contributed by atoms with Crippen molar-refractivity contribution in [2.45, 2.75) is 25.8 Å². The lowest BCUT2D eigenvalue weighted by molar-refractivity contribution is -0.132. The Morgan fingerprint density at radius 2 is 2.04 bits per heavy atom. The van der Waals surface area contributed by atoms with Crippen LogP contribution < -0.4 is 5.32 Å². The Labute approximate surface area is 161 Å². The first kappa shape index (κ1) is 17.7. The van der Waals surface area contributed by atoms with Gasteiger partial charge >= 0.3 is 0 Å². The van der Waals surface area contributed by atoms with E-state index in [0.717, 1.165) is 16.0 Å². The predicted molar refractivity (Wildman–Crippen MR) is 102 cm³/mol. The van der Waals surface area contributed by atoms with Gasteiger partial charge in [0.15, 0.2) is 0 Å². The van der Waals surface area contributed by atoms with Crippen molar-refractivity contribution in [2.75, 3.05) is 25.5 Å². The lowest BCUT2D eigenvalue weighted by Gasteiger charge is -2.27. The minimum atomic E-state index is -0.187. The molecule has 8 heteroatoms. The molecule has 1 N–H and O–H groups in total. The summed E-state index contributed by atoms with van der Waals surface area (Å²) in [5.74, 6) is -0.208. The van der Waals surface area contributed by atoms with E-state index in [2.05, 4.69) is 10.3 Å². The van der Waals surface area contributed by atoms with Gasteiger partial charge in [0.1, 0.15) is 5.00 Å². The third kappa shape index (κ3) is 3.44. The summed E-state index contributed by atoms with van der Waals surface area (Å²) < 4.78 is 0. The van der Waals surface area contributed by atoms with E-state index in [4.69, 9.17) is 0 Å². The Hall–Kier alpha value is -2.74. The molecule has 0 unspecified atom stereocenters. The van der Waals surface area contributed by atoms with E-state index in [1.54, 1.807) is 19.4 Å². The largest absolute Gasteiger partial charge is 0.337 e. The van der Waals surface area contributed by atoms with Crippen LogP contribution in [0.4, 0.5) is 5.00 Å². The summed E-state index contributed by atoms with van der Waals surface area (Å²) in [4.78, 5) is 45.5. The van der Waals surface area contributed by atoms with Gasteiger partial charge < -0.3 is 15.1 Å². The van der Waals surface area contributed by atoms with Crippen LogP contribution in [0.3, 0.4) is 0 Å². The number of thiophene rings is 1. The lowest BCUT2D eigenvalue weighted by Crippen LogP contribution is -2.36. The molecule has 2 aromatic heterocycles. The smallest absolute Gasteiger partial charge is 0.257 e. The highest BCUT2D eigenvalue weighted by Gasteiger charge is 2.33. The van der Waals surface area contributed by atoms with E-state index >= 15 is 0 Å². The van der Waals surface area contributed by atoms with Crippen molar-refractivity contribution in [3.63, 3.8) is 0 Å². The number of carbonyl (C=O) groups is 3. The fraction of sp³-hybridized carbons (Fsp3) is 0.368. The van der Waals surface area contributed by atoms with Crippen LogP contribution in [0.15, 0.2) is 24.5 Å². The molecular weight excluding hydrogens is 364 g/mol. The molecule has 140 valence electrons. The van der Waals surface area contributed by atoms with Crippen LogP contribution in [0.1, 0.15) is 32.8 Å². The number of hydrogen-bond acceptors (Lipinski definition) is 5. The van der Waals surface area contributed by atoms with Gasteiger partial charge in [-0.15, -0.1) is 11.3 Å². The molecule has 0 fully saturated rings. The highest BCUT2D eigenvalue weighted by molar-refractivity contribution is 7.17. The van der Waals surface area contributed by atoms with Crippen LogP contribution in [0.2, 0.25) is 0 Å². The van der Waals surface area contributed by atoms with Gasteiger partial charge in [0.25, 0.3) is 5.91 Å². The molecular formula is C19H20N4O3S. The minimum Gasteiger partial charge on any atom is -0.337 e. The summed E-state index contributed by atoms with van der Waals surface area (Å²) in [6.45, 7) is 1.15. The fourth-order valence-corrected chi connectivity index (χ4v) is 4.81. The first-order valence-electron chi connectivity index (χ1n) is 8.89. The quantitative estimate of drug-likeness (QED) is 0.873. The Bertz CT molecular complexity index is 909. The normalized spacial score (nSPS) is 16.5. The SMILES string of the molecule is CN1CC(=O)Nc2sc3c(c2C1=O)CCN(C(=O)CCc1ccncc1)C3. The van der Waals surface area contributed by atoms with Crippen molar-refractivity contribution in [1.82, 2.24) is 14.8 Å². The van der Waals surface area contributed by atoms with Crippen molar-refractivity contribution >= 4 is 34.1 Å². The summed E-state index contributed by atoms with van der Waals surface area (Å²) in [6, 6.07) is 3.84. The Morgan fingerprint density at radius 3 is 2.81 bits per heavy atom. The number of pyridine rings is 1. The van der Waals surface area contributed by atoms with Gasteiger partial charge in [-0.2, -0.15) is 0 Å². The van der Waals surface area contributed by atoms with Crippen molar-refractivity contribution in [3.05, 3.63) is 46.1 Å². The number of aromatic nitrogens is 1. The molecule has 2 aliphatic rings. The zero-order chi connectivity index (χ0) is 19.0. The standard InChI is InChI=1S/C19H20N4O3S/c1-22-11-15(24)21-18-17(19(22)26)13-6-9-23(10-14(13)27-18)16(25)3-2-12-4-7-20-8-5-12/h4-5,7-8H,2-3,6,9-11H2,1H3,(H,21,24). The summed E-state index contributed by atoms with van der Waals surface area (Å²) >= 11 is 1.41. The van der Waals surface area contributed by atoms with Crippen molar-refractivity contribution < 1.29 is 14.4 Å². The fourth-order valence-electron chi connectivity index (χ4n) is 3.53. The second-order valence-electron chi connectivity index (χ2n) is 6.84. The van der Waals surface area contributed by atoms with Gasteiger partial charge in [-0.05, 0) is 36.1 Å². The van der Waals surface area contributed by atoms with E-state index in [0.29, 0.717) is 42.9 Å². The third-order valence-electron chi connectivity index (χ3n) is 4.98. The molecule has 27 heavy (non-hydrogen) atoms. The molecule has 0 atom stereocenters. The average Bonchev–Trinajstić information content (AvgIpc) is 2.97. The second kappa shape index (κ2) is 7.11. The zero-order valence-electron chi connectivity index (χ0n) is 15.0. The number of amides is 3. The maximum absolute atomic E-state index is 12.6. The molecule has 0 radical (unpaired) electrons. The Balaban J connectivity index is 1.49. The van der Waals surface area contributed by atoms with E-state index in [1.165, 1.54) is 16.2 Å². The number of fused-ring (bicyclic) bond motifs is 3. The molecule has 0 bridgehead atoms. The molecule has 0 aromatic carbocycles. The van der Waals surface area contributed by atoms with Crippen LogP contribution in [0, 0.1) is 0 Å². The number of aryl methyl sites for hydroxylation is 1. The Morgan fingerprint density at radius 1 is 1.26 bits per heavy atom. The number of likely N-dealkylation sites (N-methyl/N-ethyl adjacent to an activating group) is 1. The molecule has 2 aromatic rings. The van der Waals surface area contributed by atoms with Gasteiger partial charge in [-0.25, -0.2) is 0 Å². The topological polar surface area (TPSA) is 82.6 Å².